The van der Waals surface area contributed by atoms with Crippen molar-refractivity contribution in [1.29, 1.82) is 5.26 Å². The predicted molar refractivity (Wildman–Crippen MR) is 71.6 cm³/mol. The maximum atomic E-state index is 9.62. The molecule has 0 atom stereocenters. The van der Waals surface area contributed by atoms with E-state index in [1.165, 1.54) is 0 Å². The second-order valence-electron chi connectivity index (χ2n) is 4.72. The summed E-state index contributed by atoms with van der Waals surface area (Å²) >= 11 is 3.42. The molecule has 2 aromatic rings. The first kappa shape index (κ1) is 12.9. The van der Waals surface area contributed by atoms with E-state index in [0.717, 1.165) is 9.99 Å². The number of halogens is 1. The van der Waals surface area contributed by atoms with Crippen molar-refractivity contribution >= 4 is 21.4 Å². The molecule has 1 N–H and O–H groups in total. The van der Waals surface area contributed by atoms with Gasteiger partial charge >= 0.3 is 0 Å². The van der Waals surface area contributed by atoms with E-state index in [1.807, 2.05) is 4.40 Å². The minimum atomic E-state index is -0.879. The van der Waals surface area contributed by atoms with Gasteiger partial charge in [-0.15, -0.1) is 0 Å². The molecule has 5 heteroatoms. The second kappa shape index (κ2) is 4.63. The number of nitrogens with zero attached hydrogens (tertiary/aromatic N) is 2. The molecule has 2 aromatic heterocycles. The summed E-state index contributed by atoms with van der Waals surface area (Å²) in [6.45, 7) is 3.57. The first-order valence-corrected chi connectivity index (χ1v) is 6.25. The molecule has 0 radical (unpaired) electrons. The normalized spacial score (nSPS) is 11.5. The van der Waals surface area contributed by atoms with Crippen LogP contribution in [0.15, 0.2) is 29.0 Å². The standard InChI is InChI=1S/C13H13BrN2O2/c1-13(2,17)8-18-10-5-11(14)12-9(6-15)3-4-16(12)7-10/h3-5,7,17H,8H2,1-2H3. The van der Waals surface area contributed by atoms with Crippen molar-refractivity contribution in [3.8, 4) is 11.8 Å². The van der Waals surface area contributed by atoms with Crippen LogP contribution in [0, 0.1) is 11.3 Å². The molecule has 2 rings (SSSR count). The lowest BCUT2D eigenvalue weighted by molar-refractivity contribution is 0.0283. The molecular formula is C13H13BrN2O2. The summed E-state index contributed by atoms with van der Waals surface area (Å²) < 4.78 is 8.13. The smallest absolute Gasteiger partial charge is 0.137 e. The molecule has 0 spiro atoms. The quantitative estimate of drug-likeness (QED) is 0.948. The van der Waals surface area contributed by atoms with Gasteiger partial charge in [0.15, 0.2) is 0 Å². The summed E-state index contributed by atoms with van der Waals surface area (Å²) in [5, 5.41) is 18.6. The summed E-state index contributed by atoms with van der Waals surface area (Å²) in [4.78, 5) is 0. The van der Waals surface area contributed by atoms with Gasteiger partial charge in [0.1, 0.15) is 18.4 Å². The number of hydrogen-bond acceptors (Lipinski definition) is 3. The van der Waals surface area contributed by atoms with Crippen LogP contribution in [-0.4, -0.2) is 21.7 Å². The van der Waals surface area contributed by atoms with Crippen molar-refractivity contribution in [2.45, 2.75) is 19.4 Å². The predicted octanol–water partition coefficient (Wildman–Crippen LogP) is 2.72. The summed E-state index contributed by atoms with van der Waals surface area (Å²) in [5.41, 5.74) is 0.541. The van der Waals surface area contributed by atoms with Crippen molar-refractivity contribution in [2.24, 2.45) is 0 Å². The van der Waals surface area contributed by atoms with Gasteiger partial charge in [-0.2, -0.15) is 5.26 Å². The average molecular weight is 309 g/mol. The van der Waals surface area contributed by atoms with Crippen LogP contribution < -0.4 is 4.74 Å². The third-order valence-corrected chi connectivity index (χ3v) is 2.99. The van der Waals surface area contributed by atoms with Crippen LogP contribution in [-0.2, 0) is 0 Å². The monoisotopic (exact) mass is 308 g/mol. The zero-order chi connectivity index (χ0) is 13.3. The molecular weight excluding hydrogens is 296 g/mol. The first-order chi connectivity index (χ1) is 8.40. The van der Waals surface area contributed by atoms with Crippen LogP contribution in [0.4, 0.5) is 0 Å². The van der Waals surface area contributed by atoms with Crippen LogP contribution >= 0.6 is 15.9 Å². The van der Waals surface area contributed by atoms with Gasteiger partial charge in [0, 0.05) is 10.7 Å². The maximum absolute atomic E-state index is 9.62. The molecule has 18 heavy (non-hydrogen) atoms. The number of pyridine rings is 1. The maximum Gasteiger partial charge on any atom is 0.137 e. The molecule has 0 amide bonds. The fraction of sp³-hybridized carbons (Fsp3) is 0.308. The lowest BCUT2D eigenvalue weighted by Gasteiger charge is -2.18. The molecule has 0 bridgehead atoms. The molecule has 0 saturated heterocycles. The molecule has 0 aliphatic carbocycles. The summed E-state index contributed by atoms with van der Waals surface area (Å²) in [6, 6.07) is 5.68. The highest BCUT2D eigenvalue weighted by Gasteiger charge is 2.14. The lowest BCUT2D eigenvalue weighted by atomic mass is 10.2. The van der Waals surface area contributed by atoms with Gasteiger partial charge < -0.3 is 14.2 Å². The van der Waals surface area contributed by atoms with E-state index >= 15 is 0 Å². The van der Waals surface area contributed by atoms with Crippen molar-refractivity contribution < 1.29 is 9.84 Å². The van der Waals surface area contributed by atoms with E-state index in [9.17, 15) is 5.11 Å². The Kier molecular flexibility index (Phi) is 3.33. The zero-order valence-corrected chi connectivity index (χ0v) is 11.7. The summed E-state index contributed by atoms with van der Waals surface area (Å²) in [5.74, 6) is 0.636. The fourth-order valence-electron chi connectivity index (χ4n) is 1.60. The van der Waals surface area contributed by atoms with Gasteiger partial charge in [-0.3, -0.25) is 0 Å². The van der Waals surface area contributed by atoms with Crippen molar-refractivity contribution in [3.05, 3.63) is 34.6 Å². The number of aliphatic hydroxyl groups is 1. The average Bonchev–Trinajstić information content (AvgIpc) is 2.69. The Hall–Kier alpha value is -1.51. The van der Waals surface area contributed by atoms with Crippen LogP contribution in [0.5, 0.6) is 5.75 Å². The third-order valence-electron chi connectivity index (χ3n) is 2.39. The Balaban J connectivity index is 2.36. The third kappa shape index (κ3) is 2.66. The minimum Gasteiger partial charge on any atom is -0.489 e. The van der Waals surface area contributed by atoms with Gasteiger partial charge in [-0.05, 0) is 41.9 Å². The van der Waals surface area contributed by atoms with Crippen LogP contribution in [0.3, 0.4) is 0 Å². The molecule has 0 aliphatic rings. The number of fused-ring (bicyclic) bond motifs is 1. The van der Waals surface area contributed by atoms with Crippen LogP contribution in [0.1, 0.15) is 19.4 Å². The van der Waals surface area contributed by atoms with Crippen molar-refractivity contribution in [2.75, 3.05) is 6.61 Å². The Morgan fingerprint density at radius 1 is 1.56 bits per heavy atom. The first-order valence-electron chi connectivity index (χ1n) is 5.46. The number of hydrogen-bond donors (Lipinski definition) is 1. The largest absolute Gasteiger partial charge is 0.489 e. The zero-order valence-electron chi connectivity index (χ0n) is 10.1. The van der Waals surface area contributed by atoms with Crippen molar-refractivity contribution in [3.63, 3.8) is 0 Å². The molecule has 0 unspecified atom stereocenters. The molecule has 0 fully saturated rings. The topological polar surface area (TPSA) is 57.7 Å². The van der Waals surface area contributed by atoms with Gasteiger partial charge in [0.25, 0.3) is 0 Å². The molecule has 2 heterocycles. The molecule has 0 saturated carbocycles. The van der Waals surface area contributed by atoms with Crippen LogP contribution in [0.25, 0.3) is 5.52 Å². The van der Waals surface area contributed by atoms with Gasteiger partial charge in [0.2, 0.25) is 0 Å². The Bertz CT molecular complexity index is 620. The highest BCUT2D eigenvalue weighted by Crippen LogP contribution is 2.27. The summed E-state index contributed by atoms with van der Waals surface area (Å²) in [7, 11) is 0. The van der Waals surface area contributed by atoms with Crippen molar-refractivity contribution in [1.82, 2.24) is 4.40 Å². The molecule has 4 nitrogen and oxygen atoms in total. The van der Waals surface area contributed by atoms with Gasteiger partial charge in [-0.25, -0.2) is 0 Å². The van der Waals surface area contributed by atoms with E-state index in [2.05, 4.69) is 22.0 Å². The van der Waals surface area contributed by atoms with E-state index in [0.29, 0.717) is 11.3 Å². The van der Waals surface area contributed by atoms with Gasteiger partial charge in [-0.1, -0.05) is 0 Å². The van der Waals surface area contributed by atoms with E-state index < -0.39 is 5.60 Å². The van der Waals surface area contributed by atoms with Gasteiger partial charge in [0.05, 0.1) is 22.9 Å². The highest BCUT2D eigenvalue weighted by atomic mass is 79.9. The number of aromatic nitrogens is 1. The minimum absolute atomic E-state index is 0.206. The van der Waals surface area contributed by atoms with E-state index in [1.54, 1.807) is 38.4 Å². The Morgan fingerprint density at radius 3 is 2.89 bits per heavy atom. The number of nitriles is 1. The Labute approximate surface area is 114 Å². The number of ether oxygens (including phenoxy) is 1. The highest BCUT2D eigenvalue weighted by molar-refractivity contribution is 9.10. The second-order valence-corrected chi connectivity index (χ2v) is 5.58. The van der Waals surface area contributed by atoms with E-state index in [4.69, 9.17) is 10.00 Å². The summed E-state index contributed by atoms with van der Waals surface area (Å²) in [6.07, 6.45) is 3.59. The fourth-order valence-corrected chi connectivity index (χ4v) is 2.25. The molecule has 0 aliphatic heterocycles. The molecule has 94 valence electrons. The Morgan fingerprint density at radius 2 is 2.28 bits per heavy atom. The lowest BCUT2D eigenvalue weighted by Crippen LogP contribution is -2.27. The SMILES string of the molecule is CC(C)(O)COc1cc(Br)c2c(C#N)ccn2c1. The molecule has 0 aromatic carbocycles. The van der Waals surface area contributed by atoms with Crippen LogP contribution in [0.2, 0.25) is 0 Å². The number of rotatable bonds is 3. The van der Waals surface area contributed by atoms with E-state index in [-0.39, 0.29) is 6.61 Å².